The van der Waals surface area contributed by atoms with Gasteiger partial charge in [0.1, 0.15) is 18.3 Å². The lowest BCUT2D eigenvalue weighted by atomic mass is 9.77. The molecule has 0 amide bonds. The molecule has 0 spiro atoms. The molecule has 0 radical (unpaired) electrons. The second-order valence-electron chi connectivity index (χ2n) is 3.43. The number of carbonyl (C=O) groups is 1. The summed E-state index contributed by atoms with van der Waals surface area (Å²) in [7, 11) is 0. The molecule has 0 unspecified atom stereocenters. The molecule has 7 heteroatoms. The van der Waals surface area contributed by atoms with Crippen LogP contribution in [0.5, 0.6) is 0 Å². The summed E-state index contributed by atoms with van der Waals surface area (Å²) >= 11 is 0. The van der Waals surface area contributed by atoms with Crippen molar-refractivity contribution in [3.63, 3.8) is 0 Å². The molecule has 0 aromatic heterocycles. The highest BCUT2D eigenvalue weighted by Crippen LogP contribution is 2.29. The van der Waals surface area contributed by atoms with Gasteiger partial charge in [-0.3, -0.25) is 0 Å². The number of aliphatic carboxylic acids is 1. The highest BCUT2D eigenvalue weighted by atomic mass is 16.4. The van der Waals surface area contributed by atoms with Gasteiger partial charge in [-0.25, -0.2) is 4.79 Å². The number of hydrogen-bond acceptors (Lipinski definition) is 6. The van der Waals surface area contributed by atoms with E-state index in [1.54, 1.807) is 0 Å². The quantitative estimate of drug-likeness (QED) is 0.264. The molecule has 0 bridgehead atoms. The number of hydrogen-bond donors (Lipinski definition) is 6. The maximum Gasteiger partial charge on any atom is 0.338 e. The zero-order valence-electron chi connectivity index (χ0n) is 7.11. The van der Waals surface area contributed by atoms with E-state index in [1.807, 2.05) is 0 Å². The van der Waals surface area contributed by atoms with E-state index in [1.165, 1.54) is 0 Å². The van der Waals surface area contributed by atoms with E-state index in [0.717, 1.165) is 0 Å². The monoisotopic (exact) mass is 208 g/mol. The maximum atomic E-state index is 10.6. The minimum Gasteiger partial charge on any atom is -0.479 e. The first-order valence-corrected chi connectivity index (χ1v) is 3.98. The molecule has 0 saturated heterocycles. The third-order valence-corrected chi connectivity index (χ3v) is 2.45. The Labute approximate surface area is 78.8 Å². The van der Waals surface area contributed by atoms with E-state index in [2.05, 4.69) is 0 Å². The SMILES string of the molecule is O=C(O)[C@@]1(O)C[C@@H](O)[C@H](O)[C@@H](O)[C@@H]1O. The van der Waals surface area contributed by atoms with Crippen LogP contribution in [-0.2, 0) is 4.79 Å². The number of carboxylic acids is 1. The summed E-state index contributed by atoms with van der Waals surface area (Å²) in [6.45, 7) is 0. The predicted molar refractivity (Wildman–Crippen MR) is 41.2 cm³/mol. The third-order valence-electron chi connectivity index (χ3n) is 2.45. The Morgan fingerprint density at radius 1 is 1.14 bits per heavy atom. The highest BCUT2D eigenvalue weighted by molar-refractivity contribution is 5.78. The van der Waals surface area contributed by atoms with E-state index in [9.17, 15) is 15.0 Å². The van der Waals surface area contributed by atoms with Crippen molar-refractivity contribution in [3.05, 3.63) is 0 Å². The van der Waals surface area contributed by atoms with Gasteiger partial charge in [-0.1, -0.05) is 0 Å². The van der Waals surface area contributed by atoms with Gasteiger partial charge in [-0.2, -0.15) is 0 Å². The summed E-state index contributed by atoms with van der Waals surface area (Å²) in [5, 5.41) is 54.5. The minimum absolute atomic E-state index is 0.734. The van der Waals surface area contributed by atoms with Crippen LogP contribution in [0.3, 0.4) is 0 Å². The summed E-state index contributed by atoms with van der Waals surface area (Å²) in [5.41, 5.74) is -2.63. The zero-order valence-corrected chi connectivity index (χ0v) is 7.11. The molecule has 0 aromatic carbocycles. The number of aliphatic hydroxyl groups is 5. The molecule has 82 valence electrons. The Kier molecular flexibility index (Phi) is 2.79. The second kappa shape index (κ2) is 3.44. The van der Waals surface area contributed by atoms with Gasteiger partial charge in [0, 0.05) is 6.42 Å². The van der Waals surface area contributed by atoms with Crippen molar-refractivity contribution in [2.24, 2.45) is 0 Å². The van der Waals surface area contributed by atoms with E-state index in [0.29, 0.717) is 0 Å². The van der Waals surface area contributed by atoms with E-state index in [4.69, 9.17) is 20.4 Å². The lowest BCUT2D eigenvalue weighted by Crippen LogP contribution is -2.65. The first-order chi connectivity index (χ1) is 6.30. The van der Waals surface area contributed by atoms with Crippen molar-refractivity contribution in [1.82, 2.24) is 0 Å². The Balaban J connectivity index is 2.96. The van der Waals surface area contributed by atoms with Gasteiger partial charge in [-0.05, 0) is 0 Å². The van der Waals surface area contributed by atoms with Crippen LogP contribution < -0.4 is 0 Å². The van der Waals surface area contributed by atoms with Crippen LogP contribution in [0.15, 0.2) is 0 Å². The molecular weight excluding hydrogens is 196 g/mol. The van der Waals surface area contributed by atoms with Crippen molar-refractivity contribution in [2.45, 2.75) is 36.4 Å². The van der Waals surface area contributed by atoms with Crippen LogP contribution in [0.4, 0.5) is 0 Å². The lowest BCUT2D eigenvalue weighted by Gasteiger charge is -2.41. The van der Waals surface area contributed by atoms with Crippen molar-refractivity contribution >= 4 is 5.97 Å². The summed E-state index contributed by atoms with van der Waals surface area (Å²) < 4.78 is 0. The molecule has 0 heterocycles. The molecule has 6 N–H and O–H groups in total. The molecule has 1 saturated carbocycles. The Morgan fingerprint density at radius 2 is 1.64 bits per heavy atom. The normalized spacial score (nSPS) is 48.9. The first-order valence-electron chi connectivity index (χ1n) is 3.98. The lowest BCUT2D eigenvalue weighted by molar-refractivity contribution is -0.227. The van der Waals surface area contributed by atoms with E-state index in [-0.39, 0.29) is 0 Å². The average Bonchev–Trinajstić information content (AvgIpc) is 2.11. The fourth-order valence-electron chi connectivity index (χ4n) is 1.47. The molecular formula is C7H12O7. The maximum absolute atomic E-state index is 10.6. The van der Waals surface area contributed by atoms with Crippen LogP contribution in [-0.4, -0.2) is 66.6 Å². The van der Waals surface area contributed by atoms with Crippen LogP contribution in [0.2, 0.25) is 0 Å². The van der Waals surface area contributed by atoms with Crippen molar-refractivity contribution < 1.29 is 35.4 Å². The third kappa shape index (κ3) is 1.49. The molecule has 14 heavy (non-hydrogen) atoms. The molecule has 1 aliphatic rings. The molecule has 1 rings (SSSR count). The van der Waals surface area contributed by atoms with Crippen LogP contribution in [0.25, 0.3) is 0 Å². The largest absolute Gasteiger partial charge is 0.479 e. The van der Waals surface area contributed by atoms with Gasteiger partial charge in [0.15, 0.2) is 5.60 Å². The van der Waals surface area contributed by atoms with Gasteiger partial charge >= 0.3 is 5.97 Å². The average molecular weight is 208 g/mol. The van der Waals surface area contributed by atoms with Gasteiger partial charge in [-0.15, -0.1) is 0 Å². The summed E-state index contributed by atoms with van der Waals surface area (Å²) in [4.78, 5) is 10.6. The number of aliphatic hydroxyl groups excluding tert-OH is 4. The van der Waals surface area contributed by atoms with Crippen molar-refractivity contribution in [3.8, 4) is 0 Å². The van der Waals surface area contributed by atoms with Crippen LogP contribution in [0.1, 0.15) is 6.42 Å². The summed E-state index contributed by atoms with van der Waals surface area (Å²) in [5.74, 6) is -1.75. The highest BCUT2D eigenvalue weighted by Gasteiger charge is 2.55. The molecule has 5 atom stereocenters. The molecule has 1 aliphatic carbocycles. The minimum atomic E-state index is -2.63. The standard InChI is InChI=1S/C7H12O7/c8-2-1-7(14,6(12)13)5(11)4(10)3(2)9/h2-5,8-11,14H,1H2,(H,12,13)/t2-,3+,4-,5+,7-/m1/s1. The molecule has 0 aromatic rings. The molecule has 7 nitrogen and oxygen atoms in total. The second-order valence-corrected chi connectivity index (χ2v) is 3.43. The first kappa shape index (κ1) is 11.3. The van der Waals surface area contributed by atoms with Crippen LogP contribution >= 0.6 is 0 Å². The zero-order chi connectivity index (χ0) is 11.1. The Hall–Kier alpha value is -0.730. The summed E-state index contributed by atoms with van der Waals surface area (Å²) in [6, 6.07) is 0. The van der Waals surface area contributed by atoms with Crippen molar-refractivity contribution in [1.29, 1.82) is 0 Å². The fourth-order valence-corrected chi connectivity index (χ4v) is 1.47. The predicted octanol–water partition coefficient (Wildman–Crippen LogP) is -3.35. The topological polar surface area (TPSA) is 138 Å². The molecule has 0 aliphatic heterocycles. The number of carboxylic acid groups (broad SMARTS) is 1. The van der Waals surface area contributed by atoms with Gasteiger partial charge in [0.2, 0.25) is 0 Å². The molecule has 1 fully saturated rings. The van der Waals surface area contributed by atoms with Gasteiger partial charge < -0.3 is 30.6 Å². The Morgan fingerprint density at radius 3 is 2.07 bits per heavy atom. The van der Waals surface area contributed by atoms with Gasteiger partial charge in [0.05, 0.1) is 6.10 Å². The Bertz CT molecular complexity index is 242. The number of rotatable bonds is 1. The van der Waals surface area contributed by atoms with Crippen molar-refractivity contribution in [2.75, 3.05) is 0 Å². The summed E-state index contributed by atoms with van der Waals surface area (Å²) in [6.07, 6.45) is -7.90. The smallest absolute Gasteiger partial charge is 0.338 e. The van der Waals surface area contributed by atoms with E-state index >= 15 is 0 Å². The van der Waals surface area contributed by atoms with Crippen LogP contribution in [0, 0.1) is 0 Å². The van der Waals surface area contributed by atoms with Gasteiger partial charge in [0.25, 0.3) is 0 Å². The van der Waals surface area contributed by atoms with E-state index < -0.39 is 42.4 Å². The fraction of sp³-hybridized carbons (Fsp3) is 0.857.